The molecule has 0 aliphatic carbocycles. The average Bonchev–Trinajstić information content (AvgIpc) is 2.73. The monoisotopic (exact) mass is 462 g/mol. The van der Waals surface area contributed by atoms with Crippen molar-refractivity contribution < 1.29 is 14.3 Å². The van der Waals surface area contributed by atoms with E-state index in [1.54, 1.807) is 10.8 Å². The summed E-state index contributed by atoms with van der Waals surface area (Å²) in [5.74, 6) is 2.71. The van der Waals surface area contributed by atoms with E-state index in [1.165, 1.54) is 19.3 Å². The van der Waals surface area contributed by atoms with Crippen molar-refractivity contribution in [3.63, 3.8) is 0 Å². The molecule has 2 N–H and O–H groups in total. The Morgan fingerprint density at radius 3 is 2.67 bits per heavy atom. The zero-order valence-electron chi connectivity index (χ0n) is 19.8. The van der Waals surface area contributed by atoms with Crippen molar-refractivity contribution in [1.82, 2.24) is 10.6 Å². The molecule has 178 valence electrons. The van der Waals surface area contributed by atoms with Gasteiger partial charge < -0.3 is 20.1 Å². The number of ether oxygens (including phenoxy) is 2. The number of hydrogen-bond acceptors (Lipinski definition) is 7. The molecule has 0 bridgehead atoms. The molecule has 0 spiro atoms. The summed E-state index contributed by atoms with van der Waals surface area (Å²) < 4.78 is 11.2. The molecular weight excluding hydrogens is 416 g/mol. The van der Waals surface area contributed by atoms with Gasteiger partial charge in [-0.05, 0) is 38.5 Å². The standard InChI is InChI=1S/C23H46N2O3S2/c1-5-10-21(3)11-9-16-27-17-13-24-19-23(26)12-7-8-15-28-20-30-29-18-14-25-22(4)6-2/h9,11,21-22,24-25H,5-8,10,12-20H2,1-4H3/b11-9+. The second-order valence-corrected chi connectivity index (χ2v) is 10.2. The van der Waals surface area contributed by atoms with E-state index < -0.39 is 0 Å². The summed E-state index contributed by atoms with van der Waals surface area (Å²) in [5, 5.41) is 6.64. The van der Waals surface area contributed by atoms with Gasteiger partial charge in [0.2, 0.25) is 0 Å². The summed E-state index contributed by atoms with van der Waals surface area (Å²) in [4.78, 5) is 11.9. The normalized spacial score (nSPS) is 13.7. The van der Waals surface area contributed by atoms with Crippen molar-refractivity contribution >= 4 is 27.4 Å². The van der Waals surface area contributed by atoms with Gasteiger partial charge in [-0.2, -0.15) is 0 Å². The van der Waals surface area contributed by atoms with Gasteiger partial charge in [-0.15, -0.1) is 0 Å². The molecule has 2 atom stereocenters. The Bertz CT molecular complexity index is 412. The molecule has 0 radical (unpaired) electrons. The van der Waals surface area contributed by atoms with Crippen LogP contribution in [0.15, 0.2) is 12.2 Å². The highest BCUT2D eigenvalue weighted by atomic mass is 33.1. The molecule has 0 aromatic rings. The lowest BCUT2D eigenvalue weighted by Crippen LogP contribution is -2.27. The van der Waals surface area contributed by atoms with Crippen molar-refractivity contribution in [1.29, 1.82) is 0 Å². The lowest BCUT2D eigenvalue weighted by Gasteiger charge is -2.10. The number of hydrogen-bond donors (Lipinski definition) is 2. The zero-order valence-corrected chi connectivity index (χ0v) is 21.4. The van der Waals surface area contributed by atoms with Crippen LogP contribution in [0, 0.1) is 5.92 Å². The summed E-state index contributed by atoms with van der Waals surface area (Å²) >= 11 is 0. The Hall–Kier alpha value is -0.0500. The SMILES string of the molecule is CCCC(C)/C=C/COCCNCC(=O)CCCCOCSSCCNC(C)CC. The van der Waals surface area contributed by atoms with Crippen LogP contribution in [0.5, 0.6) is 0 Å². The fourth-order valence-corrected chi connectivity index (χ4v) is 4.24. The van der Waals surface area contributed by atoms with Crippen LogP contribution in [0.3, 0.4) is 0 Å². The highest BCUT2D eigenvalue weighted by Crippen LogP contribution is 2.20. The van der Waals surface area contributed by atoms with Gasteiger partial charge in [0.15, 0.2) is 0 Å². The smallest absolute Gasteiger partial charge is 0.146 e. The molecule has 0 aromatic carbocycles. The lowest BCUT2D eigenvalue weighted by atomic mass is 10.1. The van der Waals surface area contributed by atoms with Crippen molar-refractivity contribution in [3.8, 4) is 0 Å². The number of Topliss-reactive ketones (excluding diaryl/α,β-unsaturated/α-hetero) is 1. The molecule has 30 heavy (non-hydrogen) atoms. The van der Waals surface area contributed by atoms with Gasteiger partial charge in [0.05, 0.1) is 19.8 Å². The van der Waals surface area contributed by atoms with E-state index in [0.29, 0.717) is 38.1 Å². The Balaban J connectivity index is 3.27. The van der Waals surface area contributed by atoms with Crippen LogP contribution >= 0.6 is 21.6 Å². The van der Waals surface area contributed by atoms with E-state index in [1.807, 2.05) is 10.8 Å². The summed E-state index contributed by atoms with van der Waals surface area (Å²) in [7, 11) is 3.61. The summed E-state index contributed by atoms with van der Waals surface area (Å²) in [5.41, 5.74) is 0. The number of carbonyl (C=O) groups excluding carboxylic acids is 1. The van der Waals surface area contributed by atoms with Crippen LogP contribution in [0.2, 0.25) is 0 Å². The summed E-state index contributed by atoms with van der Waals surface area (Å²) in [6, 6.07) is 0.602. The molecule has 0 saturated carbocycles. The highest BCUT2D eigenvalue weighted by molar-refractivity contribution is 8.76. The van der Waals surface area contributed by atoms with E-state index in [-0.39, 0.29) is 5.78 Å². The summed E-state index contributed by atoms with van der Waals surface area (Å²) in [6.07, 6.45) is 10.4. The van der Waals surface area contributed by atoms with Crippen LogP contribution < -0.4 is 10.6 Å². The lowest BCUT2D eigenvalue weighted by molar-refractivity contribution is -0.118. The molecule has 0 fully saturated rings. The Labute approximate surface area is 193 Å². The Kier molecular flexibility index (Phi) is 23.6. The van der Waals surface area contributed by atoms with Crippen molar-refractivity contribution in [2.75, 3.05) is 51.1 Å². The van der Waals surface area contributed by atoms with Crippen molar-refractivity contribution in [3.05, 3.63) is 12.2 Å². The fraction of sp³-hybridized carbons (Fsp3) is 0.870. The number of carbonyl (C=O) groups is 1. The van der Waals surface area contributed by atoms with E-state index in [0.717, 1.165) is 44.2 Å². The number of ketones is 1. The van der Waals surface area contributed by atoms with E-state index >= 15 is 0 Å². The summed E-state index contributed by atoms with van der Waals surface area (Å²) in [6.45, 7) is 13.1. The Morgan fingerprint density at radius 1 is 1.07 bits per heavy atom. The molecule has 0 rings (SSSR count). The van der Waals surface area contributed by atoms with Gasteiger partial charge in [0, 0.05) is 37.9 Å². The van der Waals surface area contributed by atoms with Crippen LogP contribution in [0.1, 0.15) is 66.2 Å². The van der Waals surface area contributed by atoms with E-state index in [9.17, 15) is 4.79 Å². The third-order valence-electron chi connectivity index (χ3n) is 4.67. The average molecular weight is 463 g/mol. The van der Waals surface area contributed by atoms with Gasteiger partial charge in [-0.25, -0.2) is 0 Å². The first-order valence-corrected chi connectivity index (χ1v) is 14.1. The van der Waals surface area contributed by atoms with Crippen molar-refractivity contribution in [2.45, 2.75) is 72.3 Å². The maximum absolute atomic E-state index is 11.9. The van der Waals surface area contributed by atoms with Gasteiger partial charge in [-0.1, -0.05) is 60.9 Å². The molecule has 0 heterocycles. The quantitative estimate of drug-likeness (QED) is 0.0951. The number of rotatable bonds is 23. The van der Waals surface area contributed by atoms with Crippen LogP contribution in [-0.2, 0) is 14.3 Å². The second-order valence-electron chi connectivity index (χ2n) is 7.67. The van der Waals surface area contributed by atoms with Gasteiger partial charge in [0.1, 0.15) is 11.7 Å². The molecule has 2 unspecified atom stereocenters. The molecule has 0 aromatic heterocycles. The fourth-order valence-electron chi connectivity index (χ4n) is 2.65. The van der Waals surface area contributed by atoms with Crippen molar-refractivity contribution in [2.24, 2.45) is 5.92 Å². The van der Waals surface area contributed by atoms with Gasteiger partial charge in [0.25, 0.3) is 0 Å². The second kappa shape index (κ2) is 23.6. The predicted molar refractivity (Wildman–Crippen MR) is 134 cm³/mol. The van der Waals surface area contributed by atoms with Gasteiger partial charge in [-0.3, -0.25) is 4.79 Å². The number of allylic oxidation sites excluding steroid dienone is 1. The first kappa shape index (κ1) is 29.9. The zero-order chi connectivity index (χ0) is 22.3. The molecule has 0 amide bonds. The predicted octanol–water partition coefficient (Wildman–Crippen LogP) is 5.07. The highest BCUT2D eigenvalue weighted by Gasteiger charge is 2.02. The van der Waals surface area contributed by atoms with Crippen LogP contribution in [0.4, 0.5) is 0 Å². The minimum atomic E-state index is 0.266. The first-order chi connectivity index (χ1) is 14.6. The Morgan fingerprint density at radius 2 is 1.90 bits per heavy atom. The molecule has 5 nitrogen and oxygen atoms in total. The third kappa shape index (κ3) is 22.6. The van der Waals surface area contributed by atoms with Crippen LogP contribution in [-0.4, -0.2) is 63.0 Å². The minimum absolute atomic E-state index is 0.266. The van der Waals surface area contributed by atoms with Crippen LogP contribution in [0.25, 0.3) is 0 Å². The molecule has 0 aliphatic heterocycles. The first-order valence-electron chi connectivity index (χ1n) is 11.6. The molecule has 0 saturated heterocycles. The third-order valence-corrected chi connectivity index (χ3v) is 6.76. The molecule has 0 aliphatic rings. The maximum Gasteiger partial charge on any atom is 0.146 e. The largest absolute Gasteiger partial charge is 0.376 e. The van der Waals surface area contributed by atoms with Gasteiger partial charge >= 0.3 is 0 Å². The minimum Gasteiger partial charge on any atom is -0.376 e. The molecule has 7 heteroatoms. The number of unbranched alkanes of at least 4 members (excludes halogenated alkanes) is 1. The maximum atomic E-state index is 11.9. The van der Waals surface area contributed by atoms with E-state index in [2.05, 4.69) is 50.5 Å². The molecular formula is C23H46N2O3S2. The van der Waals surface area contributed by atoms with E-state index in [4.69, 9.17) is 9.47 Å². The number of nitrogens with one attached hydrogen (secondary N) is 2. The topological polar surface area (TPSA) is 59.6 Å².